The maximum atomic E-state index is 11.5. The lowest BCUT2D eigenvalue weighted by molar-refractivity contribution is -0.139. The fourth-order valence-corrected chi connectivity index (χ4v) is 1.77. The average molecular weight is 317 g/mol. The first-order valence-corrected chi connectivity index (χ1v) is 7.55. The van der Waals surface area contributed by atoms with Crippen LogP contribution in [0.25, 0.3) is 0 Å². The summed E-state index contributed by atoms with van der Waals surface area (Å²) in [6, 6.07) is -1.12. The van der Waals surface area contributed by atoms with Gasteiger partial charge in [-0.15, -0.1) is 0 Å². The number of rotatable bonds is 12. The molecule has 0 radical (unpaired) electrons. The number of hydrogen-bond acceptors (Lipinski definition) is 4. The molecular weight excluding hydrogens is 290 g/mol. The summed E-state index contributed by atoms with van der Waals surface area (Å²) in [6.45, 7) is 5.08. The molecule has 8 heteroatoms. The predicted molar refractivity (Wildman–Crippen MR) is 81.8 cm³/mol. The van der Waals surface area contributed by atoms with Crippen molar-refractivity contribution in [2.24, 2.45) is 0 Å². The summed E-state index contributed by atoms with van der Waals surface area (Å²) in [5.41, 5.74) is 0. The van der Waals surface area contributed by atoms with Crippen LogP contribution < -0.4 is 16.0 Å². The largest absolute Gasteiger partial charge is 0.481 e. The Kier molecular flexibility index (Phi) is 10.8. The summed E-state index contributed by atoms with van der Waals surface area (Å²) in [5.74, 6) is -2.00. The second-order valence-corrected chi connectivity index (χ2v) is 5.39. The number of urea groups is 1. The Hall–Kier alpha value is -1.83. The van der Waals surface area contributed by atoms with E-state index in [0.717, 1.165) is 13.0 Å². The third kappa shape index (κ3) is 12.0. The van der Waals surface area contributed by atoms with Crippen molar-refractivity contribution >= 4 is 18.0 Å². The Morgan fingerprint density at radius 3 is 2.23 bits per heavy atom. The molecule has 0 saturated carbocycles. The SMILES string of the molecule is CC(C)NCCCC[C@@H](NC(=O)NCCCC(=O)O)C(=O)O. The van der Waals surface area contributed by atoms with Crippen molar-refractivity contribution in [2.45, 2.75) is 58.0 Å². The van der Waals surface area contributed by atoms with Crippen molar-refractivity contribution in [3.05, 3.63) is 0 Å². The molecular formula is C14H27N3O5. The van der Waals surface area contributed by atoms with Crippen LogP contribution in [0.1, 0.15) is 46.0 Å². The molecule has 0 bridgehead atoms. The zero-order valence-electron chi connectivity index (χ0n) is 13.2. The molecule has 0 unspecified atom stereocenters. The summed E-state index contributed by atoms with van der Waals surface area (Å²) < 4.78 is 0. The molecule has 0 aliphatic heterocycles. The van der Waals surface area contributed by atoms with E-state index in [1.807, 2.05) is 13.8 Å². The van der Waals surface area contributed by atoms with E-state index in [0.29, 0.717) is 25.3 Å². The highest BCUT2D eigenvalue weighted by atomic mass is 16.4. The highest BCUT2D eigenvalue weighted by Crippen LogP contribution is 2.01. The number of carboxylic acid groups (broad SMARTS) is 2. The van der Waals surface area contributed by atoms with Crippen LogP contribution in [0.3, 0.4) is 0 Å². The van der Waals surface area contributed by atoms with Crippen LogP contribution in [-0.2, 0) is 9.59 Å². The lowest BCUT2D eigenvalue weighted by atomic mass is 10.1. The number of carbonyl (C=O) groups is 3. The van der Waals surface area contributed by atoms with Gasteiger partial charge in [0.25, 0.3) is 0 Å². The van der Waals surface area contributed by atoms with Crippen molar-refractivity contribution in [2.75, 3.05) is 13.1 Å². The van der Waals surface area contributed by atoms with Gasteiger partial charge in [-0.2, -0.15) is 0 Å². The molecule has 0 rings (SSSR count). The van der Waals surface area contributed by atoms with Gasteiger partial charge in [-0.25, -0.2) is 9.59 Å². The number of unbranched alkanes of at least 4 members (excludes halogenated alkanes) is 1. The van der Waals surface area contributed by atoms with Crippen LogP contribution >= 0.6 is 0 Å². The standard InChI is InChI=1S/C14H27N3O5/c1-10(2)15-8-4-3-6-11(13(20)21)17-14(22)16-9-5-7-12(18)19/h10-11,15H,3-9H2,1-2H3,(H,18,19)(H,20,21)(H2,16,17,22)/t11-/m1/s1. The summed E-state index contributed by atoms with van der Waals surface area (Å²) in [6.07, 6.45) is 2.16. The molecule has 22 heavy (non-hydrogen) atoms. The highest BCUT2D eigenvalue weighted by Gasteiger charge is 2.19. The van der Waals surface area contributed by atoms with Crippen LogP contribution in [0.15, 0.2) is 0 Å². The highest BCUT2D eigenvalue weighted by molar-refractivity contribution is 5.82. The smallest absolute Gasteiger partial charge is 0.326 e. The number of aliphatic carboxylic acids is 2. The summed E-state index contributed by atoms with van der Waals surface area (Å²) in [5, 5.41) is 25.6. The van der Waals surface area contributed by atoms with Gasteiger partial charge in [0.05, 0.1) is 0 Å². The van der Waals surface area contributed by atoms with E-state index in [4.69, 9.17) is 10.2 Å². The summed E-state index contributed by atoms with van der Waals surface area (Å²) in [7, 11) is 0. The third-order valence-corrected chi connectivity index (χ3v) is 2.93. The Bertz CT molecular complexity index is 360. The van der Waals surface area contributed by atoms with Crippen molar-refractivity contribution in [1.82, 2.24) is 16.0 Å². The predicted octanol–water partition coefficient (Wildman–Crippen LogP) is 0.772. The first kappa shape index (κ1) is 20.2. The molecule has 0 aromatic carbocycles. The number of nitrogens with one attached hydrogen (secondary N) is 3. The number of amides is 2. The molecule has 5 N–H and O–H groups in total. The Morgan fingerprint density at radius 1 is 1.00 bits per heavy atom. The van der Waals surface area contributed by atoms with Crippen LogP contribution in [0, 0.1) is 0 Å². The van der Waals surface area contributed by atoms with Gasteiger partial charge >= 0.3 is 18.0 Å². The number of hydrogen-bond donors (Lipinski definition) is 5. The fourth-order valence-electron chi connectivity index (χ4n) is 1.77. The van der Waals surface area contributed by atoms with Gasteiger partial charge in [0.2, 0.25) is 0 Å². The van der Waals surface area contributed by atoms with E-state index in [-0.39, 0.29) is 13.0 Å². The molecule has 0 aliphatic rings. The molecule has 0 spiro atoms. The van der Waals surface area contributed by atoms with Crippen LogP contribution in [0.4, 0.5) is 4.79 Å². The average Bonchev–Trinajstić information content (AvgIpc) is 2.41. The lowest BCUT2D eigenvalue weighted by Crippen LogP contribution is -2.46. The molecule has 1 atom stereocenters. The van der Waals surface area contributed by atoms with E-state index in [2.05, 4.69) is 16.0 Å². The summed E-state index contributed by atoms with van der Waals surface area (Å²) in [4.78, 5) is 32.9. The van der Waals surface area contributed by atoms with Gasteiger partial charge in [0.1, 0.15) is 6.04 Å². The van der Waals surface area contributed by atoms with Crippen LogP contribution in [-0.4, -0.2) is 53.4 Å². The van der Waals surface area contributed by atoms with Crippen molar-refractivity contribution in [3.8, 4) is 0 Å². The molecule has 8 nitrogen and oxygen atoms in total. The van der Waals surface area contributed by atoms with Crippen molar-refractivity contribution in [1.29, 1.82) is 0 Å². The maximum absolute atomic E-state index is 11.5. The van der Waals surface area contributed by atoms with Gasteiger partial charge in [0, 0.05) is 19.0 Å². The quantitative estimate of drug-likeness (QED) is 0.338. The molecule has 0 fully saturated rings. The Labute approximate surface area is 130 Å². The van der Waals surface area contributed by atoms with Crippen molar-refractivity contribution < 1.29 is 24.6 Å². The number of carbonyl (C=O) groups excluding carboxylic acids is 1. The monoisotopic (exact) mass is 317 g/mol. The second-order valence-electron chi connectivity index (χ2n) is 5.39. The van der Waals surface area contributed by atoms with E-state index in [1.165, 1.54) is 0 Å². The van der Waals surface area contributed by atoms with Gasteiger partial charge in [-0.3, -0.25) is 4.79 Å². The molecule has 0 heterocycles. The van der Waals surface area contributed by atoms with Crippen molar-refractivity contribution in [3.63, 3.8) is 0 Å². The topological polar surface area (TPSA) is 128 Å². The molecule has 0 aromatic rings. The first-order chi connectivity index (χ1) is 10.3. The minimum Gasteiger partial charge on any atom is -0.481 e. The Morgan fingerprint density at radius 2 is 1.68 bits per heavy atom. The minimum absolute atomic E-state index is 0.0362. The molecule has 2 amide bonds. The van der Waals surface area contributed by atoms with Gasteiger partial charge < -0.3 is 26.2 Å². The maximum Gasteiger partial charge on any atom is 0.326 e. The van der Waals surface area contributed by atoms with Gasteiger partial charge in [-0.05, 0) is 32.2 Å². The van der Waals surface area contributed by atoms with E-state index < -0.39 is 24.0 Å². The van der Waals surface area contributed by atoms with E-state index in [9.17, 15) is 14.4 Å². The summed E-state index contributed by atoms with van der Waals surface area (Å²) >= 11 is 0. The zero-order chi connectivity index (χ0) is 17.0. The van der Waals surface area contributed by atoms with Crippen LogP contribution in [0.5, 0.6) is 0 Å². The van der Waals surface area contributed by atoms with Gasteiger partial charge in [-0.1, -0.05) is 13.8 Å². The number of carboxylic acids is 2. The van der Waals surface area contributed by atoms with E-state index >= 15 is 0 Å². The third-order valence-electron chi connectivity index (χ3n) is 2.93. The van der Waals surface area contributed by atoms with Gasteiger partial charge in [0.15, 0.2) is 0 Å². The second kappa shape index (κ2) is 11.8. The minimum atomic E-state index is -1.07. The first-order valence-electron chi connectivity index (χ1n) is 7.55. The molecule has 0 aromatic heterocycles. The molecule has 128 valence electrons. The normalized spacial score (nSPS) is 12.0. The lowest BCUT2D eigenvalue weighted by Gasteiger charge is -2.15. The Balaban J connectivity index is 3.90. The zero-order valence-corrected chi connectivity index (χ0v) is 13.2. The van der Waals surface area contributed by atoms with E-state index in [1.54, 1.807) is 0 Å². The molecule has 0 aliphatic carbocycles. The van der Waals surface area contributed by atoms with Crippen LogP contribution in [0.2, 0.25) is 0 Å². The molecule has 0 saturated heterocycles. The fraction of sp³-hybridized carbons (Fsp3) is 0.786.